The van der Waals surface area contributed by atoms with E-state index in [1.54, 1.807) is 11.3 Å². The number of likely N-dealkylation sites (tertiary alicyclic amines) is 1. The van der Waals surface area contributed by atoms with Crippen molar-refractivity contribution in [2.24, 2.45) is 5.92 Å². The average molecular weight is 318 g/mol. The van der Waals surface area contributed by atoms with E-state index in [1.807, 2.05) is 24.0 Å². The van der Waals surface area contributed by atoms with Gasteiger partial charge >= 0.3 is 6.03 Å². The molecule has 1 saturated heterocycles. The third-order valence-electron chi connectivity index (χ3n) is 4.38. The summed E-state index contributed by atoms with van der Waals surface area (Å²) in [4.78, 5) is 14.3. The largest absolute Gasteiger partial charge is 0.396 e. The van der Waals surface area contributed by atoms with Gasteiger partial charge in [0.2, 0.25) is 0 Å². The summed E-state index contributed by atoms with van der Waals surface area (Å²) in [5.74, 6) is 0.219. The van der Waals surface area contributed by atoms with E-state index in [2.05, 4.69) is 22.8 Å². The number of nitrogens with one attached hydrogen (secondary N) is 1. The molecule has 0 radical (unpaired) electrons. The van der Waals surface area contributed by atoms with Crippen LogP contribution in [0.4, 0.5) is 4.79 Å². The summed E-state index contributed by atoms with van der Waals surface area (Å²) in [7, 11) is 0. The van der Waals surface area contributed by atoms with Gasteiger partial charge in [-0.2, -0.15) is 0 Å². The Bertz CT molecular complexity index is 655. The van der Waals surface area contributed by atoms with E-state index in [-0.39, 0.29) is 24.6 Å². The molecule has 1 aromatic heterocycles. The molecule has 0 bridgehead atoms. The van der Waals surface area contributed by atoms with Gasteiger partial charge in [0.15, 0.2) is 0 Å². The first-order valence-electron chi connectivity index (χ1n) is 7.81. The van der Waals surface area contributed by atoms with Gasteiger partial charge < -0.3 is 15.3 Å². The number of urea groups is 1. The third kappa shape index (κ3) is 3.10. The van der Waals surface area contributed by atoms with Crippen LogP contribution in [-0.4, -0.2) is 35.7 Å². The van der Waals surface area contributed by atoms with Crippen LogP contribution in [0.5, 0.6) is 0 Å². The van der Waals surface area contributed by atoms with Gasteiger partial charge in [0, 0.05) is 24.4 Å². The molecule has 2 N–H and O–H groups in total. The lowest BCUT2D eigenvalue weighted by Crippen LogP contribution is -2.46. The molecular weight excluding hydrogens is 296 g/mol. The summed E-state index contributed by atoms with van der Waals surface area (Å²) in [6.45, 7) is 3.62. The van der Waals surface area contributed by atoms with Crippen molar-refractivity contribution in [3.8, 4) is 0 Å². The number of fused-ring (bicyclic) bond motifs is 1. The number of rotatable bonds is 3. The molecule has 1 aromatic carbocycles. The number of carbonyl (C=O) groups excluding carboxylic acids is 1. The van der Waals surface area contributed by atoms with Crippen LogP contribution in [0.25, 0.3) is 10.1 Å². The van der Waals surface area contributed by atoms with E-state index in [9.17, 15) is 9.90 Å². The Hall–Kier alpha value is -1.59. The number of hydrogen-bond acceptors (Lipinski definition) is 3. The van der Waals surface area contributed by atoms with Crippen molar-refractivity contribution < 1.29 is 9.90 Å². The first-order chi connectivity index (χ1) is 10.7. The molecule has 5 heteroatoms. The third-order valence-corrected chi connectivity index (χ3v) is 5.36. The van der Waals surface area contributed by atoms with Gasteiger partial charge in [-0.05, 0) is 48.1 Å². The van der Waals surface area contributed by atoms with E-state index in [0.29, 0.717) is 6.54 Å². The maximum atomic E-state index is 12.4. The standard InChI is InChI=1S/C17H22N2O2S/c1-12(15-11-22-16-7-3-2-6-14(15)16)18-17(21)19-8-4-5-13(9-19)10-20/h2-3,6-7,11-13,20H,4-5,8-10H2,1H3,(H,18,21). The summed E-state index contributed by atoms with van der Waals surface area (Å²) in [6.07, 6.45) is 1.97. The van der Waals surface area contributed by atoms with E-state index in [4.69, 9.17) is 0 Å². The molecule has 0 spiro atoms. The molecule has 2 heterocycles. The van der Waals surface area contributed by atoms with E-state index in [1.165, 1.54) is 15.6 Å². The highest BCUT2D eigenvalue weighted by Crippen LogP contribution is 2.30. The molecule has 2 atom stereocenters. The summed E-state index contributed by atoms with van der Waals surface area (Å²) < 4.78 is 1.25. The molecule has 2 unspecified atom stereocenters. The van der Waals surface area contributed by atoms with Crippen molar-refractivity contribution in [3.63, 3.8) is 0 Å². The van der Waals surface area contributed by atoms with E-state index in [0.717, 1.165) is 19.4 Å². The number of aliphatic hydroxyl groups is 1. The summed E-state index contributed by atoms with van der Waals surface area (Å²) >= 11 is 1.71. The predicted molar refractivity (Wildman–Crippen MR) is 90.2 cm³/mol. The Morgan fingerprint density at radius 1 is 1.50 bits per heavy atom. The van der Waals surface area contributed by atoms with Gasteiger partial charge in [-0.25, -0.2) is 4.79 Å². The predicted octanol–water partition coefficient (Wildman–Crippen LogP) is 3.38. The topological polar surface area (TPSA) is 52.6 Å². The number of thiophene rings is 1. The second-order valence-corrected chi connectivity index (χ2v) is 6.91. The quantitative estimate of drug-likeness (QED) is 0.911. The molecule has 22 heavy (non-hydrogen) atoms. The molecule has 1 fully saturated rings. The van der Waals surface area contributed by atoms with Crippen molar-refractivity contribution >= 4 is 27.5 Å². The number of hydrogen-bond donors (Lipinski definition) is 2. The van der Waals surface area contributed by atoms with Crippen LogP contribution >= 0.6 is 11.3 Å². The Balaban J connectivity index is 1.68. The van der Waals surface area contributed by atoms with E-state index >= 15 is 0 Å². The maximum absolute atomic E-state index is 12.4. The van der Waals surface area contributed by atoms with Crippen molar-refractivity contribution in [1.29, 1.82) is 0 Å². The van der Waals surface area contributed by atoms with Crippen LogP contribution < -0.4 is 5.32 Å². The van der Waals surface area contributed by atoms with Crippen LogP contribution in [0.3, 0.4) is 0 Å². The molecular formula is C17H22N2O2S. The fraction of sp³-hybridized carbons (Fsp3) is 0.471. The highest BCUT2D eigenvalue weighted by Gasteiger charge is 2.24. The van der Waals surface area contributed by atoms with Gasteiger partial charge in [-0.3, -0.25) is 0 Å². The lowest BCUT2D eigenvalue weighted by molar-refractivity contribution is 0.128. The Morgan fingerprint density at radius 3 is 3.14 bits per heavy atom. The first kappa shape index (κ1) is 15.3. The highest BCUT2D eigenvalue weighted by molar-refractivity contribution is 7.17. The minimum Gasteiger partial charge on any atom is -0.396 e. The Labute approximate surface area is 134 Å². The normalized spacial score (nSPS) is 20.1. The van der Waals surface area contributed by atoms with Crippen molar-refractivity contribution in [1.82, 2.24) is 10.2 Å². The number of carbonyl (C=O) groups is 1. The van der Waals surface area contributed by atoms with Gasteiger partial charge in [-0.1, -0.05) is 18.2 Å². The lowest BCUT2D eigenvalue weighted by Gasteiger charge is -2.32. The fourth-order valence-electron chi connectivity index (χ4n) is 3.09. The molecule has 1 aliphatic rings. The van der Waals surface area contributed by atoms with Crippen LogP contribution in [0.2, 0.25) is 0 Å². The number of piperidine rings is 1. The van der Waals surface area contributed by atoms with Crippen molar-refractivity contribution in [2.75, 3.05) is 19.7 Å². The maximum Gasteiger partial charge on any atom is 0.317 e. The summed E-state index contributed by atoms with van der Waals surface area (Å²) in [5.41, 5.74) is 1.17. The fourth-order valence-corrected chi connectivity index (χ4v) is 4.14. The molecule has 1 aliphatic heterocycles. The molecule has 4 nitrogen and oxygen atoms in total. The second kappa shape index (κ2) is 6.67. The smallest absolute Gasteiger partial charge is 0.317 e. The molecule has 0 aliphatic carbocycles. The van der Waals surface area contributed by atoms with Gasteiger partial charge in [0.05, 0.1) is 6.04 Å². The highest BCUT2D eigenvalue weighted by atomic mass is 32.1. The van der Waals surface area contributed by atoms with Gasteiger partial charge in [-0.15, -0.1) is 11.3 Å². The zero-order valence-corrected chi connectivity index (χ0v) is 13.6. The monoisotopic (exact) mass is 318 g/mol. The molecule has 0 saturated carbocycles. The minimum absolute atomic E-state index is 0.0156. The summed E-state index contributed by atoms with van der Waals surface area (Å²) in [5, 5.41) is 15.7. The number of benzene rings is 1. The van der Waals surface area contributed by atoms with Crippen molar-refractivity contribution in [2.45, 2.75) is 25.8 Å². The summed E-state index contributed by atoms with van der Waals surface area (Å²) in [6, 6.07) is 8.23. The lowest BCUT2D eigenvalue weighted by atomic mass is 9.99. The van der Waals surface area contributed by atoms with Crippen LogP contribution in [-0.2, 0) is 0 Å². The zero-order valence-electron chi connectivity index (χ0n) is 12.8. The second-order valence-electron chi connectivity index (χ2n) is 6.00. The van der Waals surface area contributed by atoms with Crippen LogP contribution in [0.1, 0.15) is 31.4 Å². The number of aliphatic hydroxyl groups excluding tert-OH is 1. The Morgan fingerprint density at radius 2 is 2.32 bits per heavy atom. The van der Waals surface area contributed by atoms with Crippen molar-refractivity contribution in [3.05, 3.63) is 35.2 Å². The molecule has 118 valence electrons. The first-order valence-corrected chi connectivity index (χ1v) is 8.69. The van der Waals surface area contributed by atoms with Gasteiger partial charge in [0.25, 0.3) is 0 Å². The average Bonchev–Trinajstić information content (AvgIpc) is 2.99. The minimum atomic E-state index is -0.0269. The molecule has 2 amide bonds. The molecule has 2 aromatic rings. The van der Waals surface area contributed by atoms with E-state index < -0.39 is 0 Å². The number of amides is 2. The Kier molecular flexibility index (Phi) is 4.64. The number of nitrogens with zero attached hydrogens (tertiary/aromatic N) is 1. The van der Waals surface area contributed by atoms with Crippen LogP contribution in [0, 0.1) is 5.92 Å². The SMILES string of the molecule is CC(NC(=O)N1CCCC(CO)C1)c1csc2ccccc12. The molecule has 3 rings (SSSR count). The van der Waals surface area contributed by atoms with Crippen LogP contribution in [0.15, 0.2) is 29.6 Å². The van der Waals surface area contributed by atoms with Gasteiger partial charge in [0.1, 0.15) is 0 Å². The zero-order chi connectivity index (χ0) is 15.5.